The van der Waals surface area contributed by atoms with Crippen molar-refractivity contribution >= 4 is 17.5 Å². The van der Waals surface area contributed by atoms with Gasteiger partial charge < -0.3 is 24.8 Å². The third kappa shape index (κ3) is 5.09. The molecule has 0 radical (unpaired) electrons. The normalized spacial score (nSPS) is 15.3. The maximum absolute atomic E-state index is 12.9. The van der Waals surface area contributed by atoms with Gasteiger partial charge in [-0.2, -0.15) is 0 Å². The van der Waals surface area contributed by atoms with Crippen LogP contribution >= 0.6 is 0 Å². The lowest BCUT2D eigenvalue weighted by molar-refractivity contribution is -0.138. The number of nitrogens with one attached hydrogen (secondary N) is 2. The number of anilines is 1. The van der Waals surface area contributed by atoms with Gasteiger partial charge in [-0.15, -0.1) is 0 Å². The van der Waals surface area contributed by atoms with E-state index in [1.54, 1.807) is 26.0 Å². The monoisotopic (exact) mass is 392 g/mol. The van der Waals surface area contributed by atoms with Crippen LogP contribution in [-0.4, -0.2) is 39.2 Å². The van der Waals surface area contributed by atoms with Crippen LogP contribution in [0.1, 0.15) is 52.4 Å². The van der Waals surface area contributed by atoms with Crippen molar-refractivity contribution in [3.8, 4) is 17.2 Å². The van der Waals surface area contributed by atoms with Gasteiger partial charge in [0.25, 0.3) is 0 Å². The topological polar surface area (TPSA) is 85.9 Å². The van der Waals surface area contributed by atoms with Crippen LogP contribution in [0.25, 0.3) is 0 Å². The van der Waals surface area contributed by atoms with Gasteiger partial charge in [-0.05, 0) is 26.7 Å². The molecule has 28 heavy (non-hydrogen) atoms. The number of hydrogen-bond donors (Lipinski definition) is 2. The first-order valence-corrected chi connectivity index (χ1v) is 9.76. The zero-order valence-electron chi connectivity index (χ0n) is 17.5. The molecule has 1 saturated carbocycles. The summed E-state index contributed by atoms with van der Waals surface area (Å²) in [6.07, 6.45) is 6.58. The highest BCUT2D eigenvalue weighted by atomic mass is 16.5. The zero-order chi connectivity index (χ0) is 20.7. The predicted molar refractivity (Wildman–Crippen MR) is 108 cm³/mol. The van der Waals surface area contributed by atoms with E-state index >= 15 is 0 Å². The van der Waals surface area contributed by atoms with Gasteiger partial charge in [-0.3, -0.25) is 9.59 Å². The minimum absolute atomic E-state index is 0.142. The lowest BCUT2D eigenvalue weighted by Gasteiger charge is -2.26. The summed E-state index contributed by atoms with van der Waals surface area (Å²) in [7, 11) is 4.53. The van der Waals surface area contributed by atoms with Gasteiger partial charge in [-0.25, -0.2) is 0 Å². The van der Waals surface area contributed by atoms with Crippen LogP contribution in [0.5, 0.6) is 17.2 Å². The standard InChI is InChI=1S/C21H32N2O5/c1-21(2,19(24)22-14-10-8-6-7-9-11-14)20(25)23-15-12-16(26-3)18(28-5)17(13-15)27-4/h12-14H,6-11H2,1-5H3,(H,22,24)(H,23,25). The Morgan fingerprint density at radius 1 is 0.893 bits per heavy atom. The largest absolute Gasteiger partial charge is 0.493 e. The summed E-state index contributed by atoms with van der Waals surface area (Å²) in [5, 5.41) is 5.86. The first-order chi connectivity index (χ1) is 13.3. The van der Waals surface area contributed by atoms with Crippen LogP contribution in [0, 0.1) is 5.41 Å². The fraction of sp³-hybridized carbons (Fsp3) is 0.619. The number of carbonyl (C=O) groups excluding carboxylic acids is 2. The van der Waals surface area contributed by atoms with Crippen LogP contribution in [0.4, 0.5) is 5.69 Å². The molecule has 0 bridgehead atoms. The van der Waals surface area contributed by atoms with Gasteiger partial charge in [0, 0.05) is 23.9 Å². The van der Waals surface area contributed by atoms with Gasteiger partial charge in [0.1, 0.15) is 5.41 Å². The Hall–Kier alpha value is -2.44. The molecule has 1 aromatic carbocycles. The van der Waals surface area contributed by atoms with Gasteiger partial charge in [0.15, 0.2) is 11.5 Å². The molecule has 0 heterocycles. The predicted octanol–water partition coefficient (Wildman–Crippen LogP) is 3.52. The van der Waals surface area contributed by atoms with Crippen molar-refractivity contribution in [2.75, 3.05) is 26.6 Å². The number of methoxy groups -OCH3 is 3. The van der Waals surface area contributed by atoms with Crippen molar-refractivity contribution in [1.29, 1.82) is 0 Å². The van der Waals surface area contributed by atoms with E-state index in [9.17, 15) is 9.59 Å². The molecule has 7 nitrogen and oxygen atoms in total. The smallest absolute Gasteiger partial charge is 0.239 e. The van der Waals surface area contributed by atoms with Crippen molar-refractivity contribution in [1.82, 2.24) is 5.32 Å². The highest BCUT2D eigenvalue weighted by Crippen LogP contribution is 2.40. The molecule has 2 amide bonds. The number of amides is 2. The van der Waals surface area contributed by atoms with E-state index in [1.807, 2.05) is 0 Å². The Labute approximate surface area is 167 Å². The summed E-state index contributed by atoms with van der Waals surface area (Å²) in [4.78, 5) is 25.6. The third-order valence-corrected chi connectivity index (χ3v) is 5.25. The lowest BCUT2D eigenvalue weighted by atomic mass is 9.90. The summed E-state index contributed by atoms with van der Waals surface area (Å²) in [5.41, 5.74) is -0.748. The zero-order valence-corrected chi connectivity index (χ0v) is 17.5. The SMILES string of the molecule is COc1cc(NC(=O)C(C)(C)C(=O)NC2CCCCCC2)cc(OC)c1OC. The van der Waals surface area contributed by atoms with Crippen LogP contribution in [-0.2, 0) is 9.59 Å². The maximum Gasteiger partial charge on any atom is 0.239 e. The second-order valence-corrected chi connectivity index (χ2v) is 7.66. The Morgan fingerprint density at radius 2 is 1.43 bits per heavy atom. The highest BCUT2D eigenvalue weighted by molar-refractivity contribution is 6.10. The number of hydrogen-bond acceptors (Lipinski definition) is 5. The average molecular weight is 392 g/mol. The van der Waals surface area contributed by atoms with E-state index in [4.69, 9.17) is 14.2 Å². The molecule has 1 fully saturated rings. The van der Waals surface area contributed by atoms with Crippen LogP contribution < -0.4 is 24.8 Å². The number of rotatable bonds is 7. The molecule has 0 saturated heterocycles. The molecule has 0 aromatic heterocycles. The molecule has 0 atom stereocenters. The Balaban J connectivity index is 2.12. The summed E-state index contributed by atoms with van der Waals surface area (Å²) in [5.74, 6) is 0.640. The summed E-state index contributed by atoms with van der Waals surface area (Å²) in [6, 6.07) is 3.42. The van der Waals surface area contributed by atoms with E-state index in [0.29, 0.717) is 22.9 Å². The van der Waals surface area contributed by atoms with E-state index in [2.05, 4.69) is 10.6 Å². The van der Waals surface area contributed by atoms with Gasteiger partial charge in [0.2, 0.25) is 17.6 Å². The van der Waals surface area contributed by atoms with Crippen molar-refractivity contribution < 1.29 is 23.8 Å². The second-order valence-electron chi connectivity index (χ2n) is 7.66. The molecule has 0 aliphatic heterocycles. The van der Waals surface area contributed by atoms with E-state index < -0.39 is 11.3 Å². The minimum atomic E-state index is -1.22. The molecule has 0 unspecified atom stereocenters. The molecular formula is C21H32N2O5. The molecule has 0 spiro atoms. The molecular weight excluding hydrogens is 360 g/mol. The first kappa shape index (κ1) is 21.9. The van der Waals surface area contributed by atoms with Crippen molar-refractivity contribution in [3.05, 3.63) is 12.1 Å². The van der Waals surface area contributed by atoms with Gasteiger partial charge >= 0.3 is 0 Å². The summed E-state index contributed by atoms with van der Waals surface area (Å²) >= 11 is 0. The summed E-state index contributed by atoms with van der Waals surface area (Å²) in [6.45, 7) is 3.26. The minimum Gasteiger partial charge on any atom is -0.493 e. The fourth-order valence-electron chi connectivity index (χ4n) is 3.33. The quantitative estimate of drug-likeness (QED) is 0.548. The Morgan fingerprint density at radius 3 is 1.89 bits per heavy atom. The summed E-state index contributed by atoms with van der Waals surface area (Å²) < 4.78 is 15.9. The van der Waals surface area contributed by atoms with Crippen molar-refractivity contribution in [2.24, 2.45) is 5.41 Å². The van der Waals surface area contributed by atoms with Gasteiger partial charge in [-0.1, -0.05) is 25.7 Å². The third-order valence-electron chi connectivity index (χ3n) is 5.25. The van der Waals surface area contributed by atoms with Crippen LogP contribution in [0.2, 0.25) is 0 Å². The van der Waals surface area contributed by atoms with Crippen LogP contribution in [0.15, 0.2) is 12.1 Å². The average Bonchev–Trinajstić information content (AvgIpc) is 2.95. The van der Waals surface area contributed by atoms with Crippen molar-refractivity contribution in [2.45, 2.75) is 58.4 Å². The number of carbonyl (C=O) groups is 2. The molecule has 156 valence electrons. The van der Waals surface area contributed by atoms with Crippen molar-refractivity contribution in [3.63, 3.8) is 0 Å². The molecule has 1 aromatic rings. The molecule has 1 aliphatic carbocycles. The fourth-order valence-corrected chi connectivity index (χ4v) is 3.33. The molecule has 7 heteroatoms. The van der Waals surface area contributed by atoms with E-state index in [1.165, 1.54) is 34.2 Å². The first-order valence-electron chi connectivity index (χ1n) is 9.76. The molecule has 1 aliphatic rings. The number of ether oxygens (including phenoxy) is 3. The number of benzene rings is 1. The maximum atomic E-state index is 12.9. The molecule has 2 rings (SSSR count). The molecule has 2 N–H and O–H groups in total. The Bertz CT molecular complexity index is 669. The Kier molecular flexibility index (Phi) is 7.54. The highest BCUT2D eigenvalue weighted by Gasteiger charge is 2.37. The van der Waals surface area contributed by atoms with E-state index in [-0.39, 0.29) is 11.9 Å². The van der Waals surface area contributed by atoms with Gasteiger partial charge in [0.05, 0.1) is 21.3 Å². The van der Waals surface area contributed by atoms with E-state index in [0.717, 1.165) is 25.7 Å². The second kappa shape index (κ2) is 9.66. The lowest BCUT2D eigenvalue weighted by Crippen LogP contribution is -2.48. The van der Waals surface area contributed by atoms with Crippen LogP contribution in [0.3, 0.4) is 0 Å².